The predicted molar refractivity (Wildman–Crippen MR) is 355 cm³/mol. The average Bonchev–Trinajstić information content (AvgIpc) is 0.873. The number of rotatable bonds is 35. The number of carboxylic acid groups (broad SMARTS) is 1. The second-order valence-corrected chi connectivity index (χ2v) is 24.1. The van der Waals surface area contributed by atoms with Crippen LogP contribution in [0, 0.1) is 11.8 Å². The van der Waals surface area contributed by atoms with Crippen LogP contribution in [-0.2, 0) is 65.4 Å². The Morgan fingerprint density at radius 3 is 1.29 bits per heavy atom. The minimum atomic E-state index is -1.74. The van der Waals surface area contributed by atoms with E-state index < -0.39 is 121 Å². The molecule has 0 bridgehead atoms. The van der Waals surface area contributed by atoms with Crippen molar-refractivity contribution >= 4 is 89.1 Å². The van der Waals surface area contributed by atoms with Crippen molar-refractivity contribution in [1.29, 1.82) is 0 Å². The Labute approximate surface area is 549 Å². The zero-order chi connectivity index (χ0) is 67.9. The molecule has 14 N–H and O–H groups in total. The molecule has 0 radical (unpaired) electrons. The molecule has 502 valence electrons. The van der Waals surface area contributed by atoms with E-state index in [-0.39, 0.29) is 50.4 Å². The number of nitrogens with two attached hydrogens (primary N) is 1. The summed E-state index contributed by atoms with van der Waals surface area (Å²) in [5, 5.41) is 58.9. The molecule has 0 aliphatic heterocycles. The molecule has 7 rings (SSSR count). The smallest absolute Gasteiger partial charge is 0.480 e. The molecule has 0 spiro atoms. The summed E-state index contributed by atoms with van der Waals surface area (Å²) in [6.45, 7) is 2.42. The van der Waals surface area contributed by atoms with Gasteiger partial charge in [0.2, 0.25) is 11.8 Å². The normalized spacial score (nSPS) is 16.2. The van der Waals surface area contributed by atoms with Crippen LogP contribution < -0.4 is 53.6 Å². The second-order valence-electron chi connectivity index (χ2n) is 24.1. The fourth-order valence-corrected chi connectivity index (χ4v) is 12.3. The first-order valence-electron chi connectivity index (χ1n) is 32.6. The monoisotopic (exact) mass is 1290 g/mol. The van der Waals surface area contributed by atoms with Crippen molar-refractivity contribution in [2.24, 2.45) is 17.6 Å². The first-order chi connectivity index (χ1) is 45.3. The van der Waals surface area contributed by atoms with Gasteiger partial charge in [-0.3, -0.25) is 14.4 Å². The van der Waals surface area contributed by atoms with E-state index in [1.807, 2.05) is 98.8 Å². The van der Waals surface area contributed by atoms with Crippen molar-refractivity contribution in [3.05, 3.63) is 132 Å². The van der Waals surface area contributed by atoms with Crippen LogP contribution in [0.25, 0.3) is 21.5 Å². The van der Waals surface area contributed by atoms with Gasteiger partial charge in [0.25, 0.3) is 0 Å². The summed E-state index contributed by atoms with van der Waals surface area (Å²) in [4.78, 5) is 116. The van der Waals surface area contributed by atoms with E-state index in [1.165, 1.54) is 0 Å². The van der Waals surface area contributed by atoms with E-state index in [2.05, 4.69) is 47.9 Å². The second kappa shape index (κ2) is 39.2. The van der Waals surface area contributed by atoms with Gasteiger partial charge in [0, 0.05) is 0 Å². The molecule has 2 aliphatic rings. The molecule has 8 amide bonds. The predicted octanol–water partition coefficient (Wildman–Crippen LogP) is 2.78. The van der Waals surface area contributed by atoms with Crippen LogP contribution in [0.15, 0.2) is 115 Å². The number of carbonyl (C=O) groups excluding carboxylic acids is 8. The Bertz CT molecular complexity index is 3350. The van der Waals surface area contributed by atoms with Gasteiger partial charge in [-0.05, 0) is 5.56 Å². The number of amides is 8. The standard InChI is InChI=1S/C38H49BN6O7.C30H41BN4O7/c1-2-11-29(34(47)38(51)41-22-31(46)45-32(35(40)48)26-13-5-3-6-14-26)43-36(49)30(21-24-18-19-25-12-9-10-17-28(25)20-24)44-37(50)33(42-23-39-52)27-15-7-4-8-16-27;1-2-8-23(27(38)30(41)32-17-25(36)37)34-28(39)24(16-19-13-14-20-9-6-7-12-22(20)15-19)35-29(40)26(33-18-31-42)21-10-4-3-5-11-21/h3,5-6,9-10,12-14,17-20,27,29-30,32-34,42,47H,2,4,7-8,11,15-16,21-23H2,1H3,(H2,40,48)(H,41,51)(H,43,49)(H,44,50)(H,45,46);6-7,9,12-15,21,23-24,26-27,33,38H,2-5,8,10-11,16-18H2,1H3,(H,32,41)(H,34,39)(H,35,40)(H,36,37)/t29?,30-,32-,33-,34?;23?,24-,26-,27?/m00/s1. The Kier molecular flexibility index (Phi) is 31.1. The Hall–Kier alpha value is -8.58. The maximum absolute atomic E-state index is 14.0. The molecule has 24 nitrogen and oxygen atoms in total. The first-order valence-corrected chi connectivity index (χ1v) is 32.6. The first kappa shape index (κ1) is 74.5. The molecule has 5 aromatic rings. The zero-order valence-electron chi connectivity index (χ0n) is 53.5. The summed E-state index contributed by atoms with van der Waals surface area (Å²) in [5.41, 5.74) is 7.54. The van der Waals surface area contributed by atoms with Gasteiger partial charge in [0.15, 0.2) is 0 Å². The fraction of sp³-hybridized carbons (Fsp3) is 0.485. The van der Waals surface area contributed by atoms with Crippen LogP contribution in [-0.4, -0.2) is 157 Å². The van der Waals surface area contributed by atoms with Crippen molar-refractivity contribution < 1.29 is 67.9 Å². The molecule has 0 heterocycles. The van der Waals surface area contributed by atoms with Crippen molar-refractivity contribution in [2.75, 3.05) is 26.0 Å². The number of carbonyl (C=O) groups is 9. The van der Waals surface area contributed by atoms with Crippen molar-refractivity contribution in [1.82, 2.24) is 47.9 Å². The Morgan fingerprint density at radius 1 is 0.489 bits per heavy atom. The van der Waals surface area contributed by atoms with Crippen LogP contribution in [0.3, 0.4) is 0 Å². The number of benzene rings is 5. The molecule has 4 unspecified atom stereocenters. The number of fused-ring (bicyclic) bond motifs is 2. The van der Waals surface area contributed by atoms with Gasteiger partial charge in [0.1, 0.15) is 12.6 Å². The molecule has 0 saturated heterocycles. The van der Waals surface area contributed by atoms with Gasteiger partial charge >= 0.3 is 442 Å². The van der Waals surface area contributed by atoms with E-state index in [1.54, 1.807) is 30.3 Å². The van der Waals surface area contributed by atoms with Gasteiger partial charge in [-0.25, -0.2) is 0 Å². The molecular formula is C68H90B2N10O14. The van der Waals surface area contributed by atoms with E-state index in [9.17, 15) is 62.8 Å². The molecule has 26 heteroatoms. The molecule has 9 atom stereocenters. The van der Waals surface area contributed by atoms with E-state index in [0.29, 0.717) is 32.7 Å². The number of aliphatic hydroxyl groups excluding tert-OH is 2. The number of aliphatic carboxylic acids is 1. The Balaban J connectivity index is 0.000000305. The fourth-order valence-electron chi connectivity index (χ4n) is 12.3. The van der Waals surface area contributed by atoms with Crippen LogP contribution in [0.4, 0.5) is 0 Å². The van der Waals surface area contributed by atoms with Crippen LogP contribution >= 0.6 is 0 Å². The number of carboxylic acids is 1. The minimum absolute atomic E-state index is 0.000386. The number of aliphatic hydroxyl groups is 2. The maximum atomic E-state index is 14.0. The summed E-state index contributed by atoms with van der Waals surface area (Å²) in [6.07, 6.45) is 7.70. The van der Waals surface area contributed by atoms with Crippen LogP contribution in [0.1, 0.15) is 126 Å². The minimum Gasteiger partial charge on any atom is -0.480 e. The van der Waals surface area contributed by atoms with Gasteiger partial charge in [-0.15, -0.1) is 0 Å². The summed E-state index contributed by atoms with van der Waals surface area (Å²) in [5.74, 6) is -6.54. The van der Waals surface area contributed by atoms with E-state index in [0.717, 1.165) is 96.9 Å². The summed E-state index contributed by atoms with van der Waals surface area (Å²) in [6, 6.07) is 28.8. The molecule has 5 aromatic carbocycles. The number of hydrogen-bond acceptors (Lipinski definition) is 15. The van der Waals surface area contributed by atoms with E-state index >= 15 is 0 Å². The van der Waals surface area contributed by atoms with Crippen molar-refractivity contribution in [3.63, 3.8) is 0 Å². The van der Waals surface area contributed by atoms with Gasteiger partial charge in [0.05, 0.1) is 6.54 Å². The van der Waals surface area contributed by atoms with E-state index in [4.69, 9.17) is 10.8 Å². The number of nitrogens with one attached hydrogen (secondary N) is 9. The Morgan fingerprint density at radius 2 is 0.894 bits per heavy atom. The van der Waals surface area contributed by atoms with Crippen molar-refractivity contribution in [3.8, 4) is 0 Å². The third kappa shape index (κ3) is 23.5. The topological polar surface area (TPSA) is 383 Å². The third-order valence-corrected chi connectivity index (χ3v) is 17.1. The van der Waals surface area contributed by atoms with Gasteiger partial charge < -0.3 is 16.2 Å². The number of hydrogen-bond donors (Lipinski definition) is 13. The van der Waals surface area contributed by atoms with Crippen LogP contribution in [0.2, 0.25) is 0 Å². The molecule has 2 fully saturated rings. The van der Waals surface area contributed by atoms with Crippen LogP contribution in [0.5, 0.6) is 0 Å². The summed E-state index contributed by atoms with van der Waals surface area (Å²) in [7, 11) is 1.40. The zero-order valence-corrected chi connectivity index (χ0v) is 53.5. The van der Waals surface area contributed by atoms with Crippen molar-refractivity contribution in [2.45, 2.75) is 171 Å². The summed E-state index contributed by atoms with van der Waals surface area (Å²) >= 11 is 0. The average molecular weight is 1290 g/mol. The molecule has 2 aliphatic carbocycles. The summed E-state index contributed by atoms with van der Waals surface area (Å²) < 4.78 is 22.4. The quantitative estimate of drug-likeness (QED) is 0.0259. The number of primary amides is 1. The van der Waals surface area contributed by atoms with Gasteiger partial charge in [-0.1, -0.05) is 42.5 Å². The third-order valence-electron chi connectivity index (χ3n) is 17.1. The SMILES string of the molecule is CCCC(NC(=O)[C@H](Cc1ccc2ccccc2c1)NC(=O)[C@@H](NCB=O)C1CCCCC1)C(O)C(=O)NCC(=O)N[C@H](C(N)=O)c1ccccc1.CCCC(NC(=O)[C@H](Cc1ccc2ccccc2c1)NC(=O)[C@@H](NCB=O)C1CCCCC1)C(O)C(=O)NCC(=O)O. The molecule has 0 aromatic heterocycles. The molecule has 94 heavy (non-hydrogen) atoms. The molecular weight excluding hydrogens is 1200 g/mol. The van der Waals surface area contributed by atoms with Gasteiger partial charge in [-0.2, -0.15) is 0 Å². The molecule has 2 saturated carbocycles.